The van der Waals surface area contributed by atoms with Gasteiger partial charge >= 0.3 is 11.8 Å². The number of hydrogen-bond acceptors (Lipinski definition) is 7. The third-order valence-electron chi connectivity index (χ3n) is 5.29. The molecule has 0 saturated carbocycles. The van der Waals surface area contributed by atoms with E-state index in [1.54, 1.807) is 34.9 Å². The Kier molecular flexibility index (Phi) is 5.48. The number of carbonyl (C=O) groups is 1. The fourth-order valence-electron chi connectivity index (χ4n) is 3.79. The maximum absolute atomic E-state index is 12.2. The standard InChI is InChI=1S/C20H22ClN5O4/c1-20(14-25-12-18(26(28)29)22-19(25)30-20)13-24-10-8-23(9-11-24)7-6-17(27)15-2-4-16(21)5-3-15/h2-7,12H,8-11,13-14H2,1H3/t20-/m0/s1. The van der Waals surface area contributed by atoms with E-state index in [0.29, 0.717) is 29.7 Å². The number of ketones is 1. The quantitative estimate of drug-likeness (QED) is 0.300. The molecule has 158 valence electrons. The minimum absolute atomic E-state index is 0.0514. The lowest BCUT2D eigenvalue weighted by Gasteiger charge is -2.37. The molecule has 4 rings (SSSR count). The van der Waals surface area contributed by atoms with Crippen molar-refractivity contribution < 1.29 is 14.5 Å². The number of rotatable bonds is 6. The summed E-state index contributed by atoms with van der Waals surface area (Å²) in [6, 6.07) is 7.14. The van der Waals surface area contributed by atoms with Gasteiger partial charge in [0.05, 0.1) is 6.54 Å². The minimum atomic E-state index is -0.517. The Hall–Kier alpha value is -2.91. The molecule has 0 bridgehead atoms. The molecule has 30 heavy (non-hydrogen) atoms. The predicted octanol–water partition coefficient (Wildman–Crippen LogP) is 2.61. The largest absolute Gasteiger partial charge is 0.436 e. The average Bonchev–Trinajstić information content (AvgIpc) is 3.23. The maximum Gasteiger partial charge on any atom is 0.415 e. The Bertz CT molecular complexity index is 956. The van der Waals surface area contributed by atoms with E-state index in [0.717, 1.165) is 26.2 Å². The van der Waals surface area contributed by atoms with Gasteiger partial charge in [-0.1, -0.05) is 11.6 Å². The summed E-state index contributed by atoms with van der Waals surface area (Å²) in [6.07, 6.45) is 4.85. The molecule has 1 aromatic carbocycles. The third-order valence-corrected chi connectivity index (χ3v) is 5.54. The molecule has 0 aliphatic carbocycles. The lowest BCUT2D eigenvalue weighted by atomic mass is 10.1. The molecule has 9 nitrogen and oxygen atoms in total. The van der Waals surface area contributed by atoms with Crippen molar-refractivity contribution >= 4 is 23.2 Å². The molecule has 2 aromatic rings. The van der Waals surface area contributed by atoms with Crippen LogP contribution >= 0.6 is 11.6 Å². The molecule has 0 radical (unpaired) electrons. The summed E-state index contributed by atoms with van der Waals surface area (Å²) in [5, 5.41) is 11.4. The first-order valence-electron chi connectivity index (χ1n) is 9.66. The van der Waals surface area contributed by atoms with E-state index >= 15 is 0 Å². The number of halogens is 1. The third kappa shape index (κ3) is 4.47. The normalized spacial score (nSPS) is 21.6. The smallest absolute Gasteiger partial charge is 0.415 e. The topological polar surface area (TPSA) is 93.7 Å². The predicted molar refractivity (Wildman–Crippen MR) is 111 cm³/mol. The molecule has 10 heteroatoms. The summed E-state index contributed by atoms with van der Waals surface area (Å²) in [5.41, 5.74) is 0.137. The van der Waals surface area contributed by atoms with Gasteiger partial charge in [0.1, 0.15) is 11.8 Å². The lowest BCUT2D eigenvalue weighted by molar-refractivity contribution is -0.389. The van der Waals surface area contributed by atoms with Crippen LogP contribution < -0.4 is 4.74 Å². The van der Waals surface area contributed by atoms with E-state index < -0.39 is 10.5 Å². The molecule has 1 saturated heterocycles. The van der Waals surface area contributed by atoms with Crippen molar-refractivity contribution in [2.24, 2.45) is 0 Å². The van der Waals surface area contributed by atoms with E-state index in [1.165, 1.54) is 6.20 Å². The van der Waals surface area contributed by atoms with Gasteiger partial charge < -0.3 is 19.8 Å². The van der Waals surface area contributed by atoms with Gasteiger partial charge in [-0.25, -0.2) is 0 Å². The summed E-state index contributed by atoms with van der Waals surface area (Å²) in [7, 11) is 0. The lowest BCUT2D eigenvalue weighted by Crippen LogP contribution is -2.51. The summed E-state index contributed by atoms with van der Waals surface area (Å²) in [5.74, 6) is -0.245. The van der Waals surface area contributed by atoms with Crippen LogP contribution in [0, 0.1) is 10.1 Å². The van der Waals surface area contributed by atoms with Gasteiger partial charge in [0.25, 0.3) is 0 Å². The van der Waals surface area contributed by atoms with Gasteiger partial charge in [-0.15, -0.1) is 0 Å². The number of nitrogens with zero attached hydrogens (tertiary/aromatic N) is 5. The van der Waals surface area contributed by atoms with Crippen molar-refractivity contribution in [1.82, 2.24) is 19.4 Å². The first-order valence-corrected chi connectivity index (χ1v) is 10.0. The molecule has 2 aliphatic heterocycles. The maximum atomic E-state index is 12.2. The Morgan fingerprint density at radius 2 is 2.00 bits per heavy atom. The highest BCUT2D eigenvalue weighted by Gasteiger charge is 2.41. The summed E-state index contributed by atoms with van der Waals surface area (Å²) in [6.45, 7) is 6.49. The van der Waals surface area contributed by atoms with E-state index in [1.807, 2.05) is 13.1 Å². The molecule has 0 N–H and O–H groups in total. The van der Waals surface area contributed by atoms with Crippen molar-refractivity contribution in [3.8, 4) is 6.01 Å². The van der Waals surface area contributed by atoms with Crippen LogP contribution in [0.25, 0.3) is 0 Å². The van der Waals surface area contributed by atoms with Crippen molar-refractivity contribution in [2.45, 2.75) is 19.1 Å². The Labute approximate surface area is 178 Å². The van der Waals surface area contributed by atoms with Crippen LogP contribution in [-0.4, -0.2) is 68.4 Å². The Balaban J connectivity index is 1.26. The van der Waals surface area contributed by atoms with Gasteiger partial charge in [0, 0.05) is 60.6 Å². The van der Waals surface area contributed by atoms with E-state index in [4.69, 9.17) is 16.3 Å². The molecular weight excluding hydrogens is 410 g/mol. The van der Waals surface area contributed by atoms with Gasteiger partial charge in [-0.3, -0.25) is 14.3 Å². The number of piperazine rings is 1. The first kappa shape index (κ1) is 20.4. The number of ether oxygens (including phenoxy) is 1. The number of hydrogen-bond donors (Lipinski definition) is 0. The number of carbonyl (C=O) groups excluding carboxylic acids is 1. The zero-order valence-electron chi connectivity index (χ0n) is 16.5. The van der Waals surface area contributed by atoms with Crippen LogP contribution in [0.2, 0.25) is 5.02 Å². The fourth-order valence-corrected chi connectivity index (χ4v) is 3.92. The zero-order chi connectivity index (χ0) is 21.3. The first-order chi connectivity index (χ1) is 14.3. The molecular formula is C20H22ClN5O4. The van der Waals surface area contributed by atoms with E-state index in [9.17, 15) is 14.9 Å². The van der Waals surface area contributed by atoms with Gasteiger partial charge in [0.2, 0.25) is 0 Å². The minimum Gasteiger partial charge on any atom is -0.436 e. The van der Waals surface area contributed by atoms with Crippen LogP contribution in [0.5, 0.6) is 6.01 Å². The molecule has 0 unspecified atom stereocenters. The van der Waals surface area contributed by atoms with Crippen LogP contribution in [0.4, 0.5) is 5.82 Å². The van der Waals surface area contributed by atoms with E-state index in [-0.39, 0.29) is 11.6 Å². The van der Waals surface area contributed by atoms with Crippen molar-refractivity contribution in [3.63, 3.8) is 0 Å². The van der Waals surface area contributed by atoms with Crippen LogP contribution in [-0.2, 0) is 6.54 Å². The highest BCUT2D eigenvalue weighted by Crippen LogP contribution is 2.31. The van der Waals surface area contributed by atoms with Crippen molar-refractivity contribution in [1.29, 1.82) is 0 Å². The molecule has 3 heterocycles. The number of imidazole rings is 1. The number of fused-ring (bicyclic) bond motifs is 1. The zero-order valence-corrected chi connectivity index (χ0v) is 17.3. The van der Waals surface area contributed by atoms with Crippen LogP contribution in [0.1, 0.15) is 17.3 Å². The number of benzene rings is 1. The number of allylic oxidation sites excluding steroid dienone is 1. The number of aromatic nitrogens is 2. The highest BCUT2D eigenvalue weighted by atomic mass is 35.5. The fraction of sp³-hybridized carbons (Fsp3) is 0.400. The van der Waals surface area contributed by atoms with E-state index in [2.05, 4.69) is 14.8 Å². The van der Waals surface area contributed by atoms with Crippen molar-refractivity contribution in [2.75, 3.05) is 32.7 Å². The molecule has 1 atom stereocenters. The number of nitro groups is 1. The molecule has 2 aliphatic rings. The van der Waals surface area contributed by atoms with Gasteiger partial charge in [-0.05, 0) is 36.1 Å². The molecule has 0 amide bonds. The molecule has 0 spiro atoms. The monoisotopic (exact) mass is 431 g/mol. The van der Waals surface area contributed by atoms with Crippen LogP contribution in [0.15, 0.2) is 42.7 Å². The molecule has 1 aromatic heterocycles. The van der Waals surface area contributed by atoms with Gasteiger partial charge in [0.15, 0.2) is 5.78 Å². The highest BCUT2D eigenvalue weighted by molar-refractivity contribution is 6.30. The average molecular weight is 432 g/mol. The molecule has 1 fully saturated rings. The summed E-state index contributed by atoms with van der Waals surface area (Å²) >= 11 is 5.86. The summed E-state index contributed by atoms with van der Waals surface area (Å²) in [4.78, 5) is 30.9. The second kappa shape index (κ2) is 8.08. The Morgan fingerprint density at radius 1 is 1.30 bits per heavy atom. The second-order valence-corrected chi connectivity index (χ2v) is 8.25. The SMILES string of the molecule is C[C@]1(CN2CCN(C=CC(=O)c3ccc(Cl)cc3)CC2)Cn2cc([N+](=O)[O-])nc2O1. The van der Waals surface area contributed by atoms with Crippen LogP contribution in [0.3, 0.4) is 0 Å². The summed E-state index contributed by atoms with van der Waals surface area (Å²) < 4.78 is 7.61. The second-order valence-electron chi connectivity index (χ2n) is 7.82. The van der Waals surface area contributed by atoms with Gasteiger partial charge in [-0.2, -0.15) is 0 Å². The Morgan fingerprint density at radius 3 is 2.63 bits per heavy atom. The van der Waals surface area contributed by atoms with Crippen molar-refractivity contribution in [3.05, 3.63) is 63.4 Å².